The van der Waals surface area contributed by atoms with Crippen molar-refractivity contribution in [1.29, 1.82) is 0 Å². The van der Waals surface area contributed by atoms with Crippen LogP contribution in [0.1, 0.15) is 102 Å². The summed E-state index contributed by atoms with van der Waals surface area (Å²) in [7, 11) is -3.49. The summed E-state index contributed by atoms with van der Waals surface area (Å²) in [4.78, 5) is 2.50. The quantitative estimate of drug-likeness (QED) is 0.131. The molecular formula is C32H47N3O2S. The molecule has 1 heterocycles. The fraction of sp³-hybridized carbons (Fsp3) is 0.531. The average Bonchev–Trinajstić information content (AvgIpc) is 2.93. The Bertz CT molecular complexity index is 1270. The molecule has 5 nitrogen and oxygen atoms in total. The first-order chi connectivity index (χ1) is 18.5. The molecule has 0 atom stereocenters. The molecule has 2 aromatic carbocycles. The Morgan fingerprint density at radius 2 is 1.24 bits per heavy atom. The minimum absolute atomic E-state index is 0.104. The number of hydrogen-bond donors (Lipinski definition) is 1. The van der Waals surface area contributed by atoms with Gasteiger partial charge >= 0.3 is 0 Å². The van der Waals surface area contributed by atoms with E-state index in [4.69, 9.17) is 0 Å². The van der Waals surface area contributed by atoms with Crippen molar-refractivity contribution in [3.8, 4) is 5.69 Å². The molecule has 0 saturated heterocycles. The van der Waals surface area contributed by atoms with Crippen LogP contribution < -0.4 is 10.3 Å². The van der Waals surface area contributed by atoms with Crippen molar-refractivity contribution in [2.75, 3.05) is 5.75 Å². The molecule has 0 fully saturated rings. The third-order valence-corrected chi connectivity index (χ3v) is 8.42. The summed E-state index contributed by atoms with van der Waals surface area (Å²) in [6.07, 6.45) is 17.4. The molecule has 208 valence electrons. The number of para-hydroxylation sites is 2. The Hall–Kier alpha value is -2.60. The van der Waals surface area contributed by atoms with Crippen LogP contribution in [0.25, 0.3) is 16.6 Å². The van der Waals surface area contributed by atoms with Crippen LogP contribution in [-0.4, -0.2) is 18.7 Å². The van der Waals surface area contributed by atoms with Gasteiger partial charge in [-0.25, -0.2) is 13.2 Å². The molecule has 3 rings (SSSR count). The standard InChI is InChI=1S/C32H47N3O2S/c1-3-4-5-6-7-8-9-10-11-12-13-14-15-21-26-38(36,37)34-33-32-27-28(2)30-24-19-20-25-31(30)35(32)29-22-17-16-18-23-29/h16-20,22-25,27,34H,3-15,21,26H2,1-2H3/b33-32+. The average molecular weight is 538 g/mol. The van der Waals surface area contributed by atoms with Crippen molar-refractivity contribution >= 4 is 20.9 Å². The summed E-state index contributed by atoms with van der Waals surface area (Å²) < 4.78 is 27.4. The molecule has 38 heavy (non-hydrogen) atoms. The highest BCUT2D eigenvalue weighted by molar-refractivity contribution is 7.89. The number of sulfonamides is 1. The normalized spacial score (nSPS) is 12.3. The van der Waals surface area contributed by atoms with E-state index >= 15 is 0 Å². The van der Waals surface area contributed by atoms with Crippen LogP contribution in [0.4, 0.5) is 0 Å². The molecule has 0 unspecified atom stereocenters. The highest BCUT2D eigenvalue weighted by Gasteiger charge is 2.10. The molecule has 0 aliphatic heterocycles. The summed E-state index contributed by atoms with van der Waals surface area (Å²) in [5.74, 6) is 0.104. The summed E-state index contributed by atoms with van der Waals surface area (Å²) in [5, 5.41) is 5.49. The Morgan fingerprint density at radius 3 is 1.84 bits per heavy atom. The van der Waals surface area contributed by atoms with E-state index in [0.29, 0.717) is 11.9 Å². The lowest BCUT2D eigenvalue weighted by Gasteiger charge is -2.14. The van der Waals surface area contributed by atoms with Gasteiger partial charge in [-0.15, -0.1) is 5.10 Å². The van der Waals surface area contributed by atoms with E-state index in [1.54, 1.807) is 0 Å². The van der Waals surface area contributed by atoms with Crippen molar-refractivity contribution in [2.24, 2.45) is 5.10 Å². The molecule has 1 N–H and O–H groups in total. The van der Waals surface area contributed by atoms with Gasteiger partial charge in [-0.2, -0.15) is 0 Å². The minimum Gasteiger partial charge on any atom is -0.293 e. The molecule has 0 aliphatic carbocycles. The third kappa shape index (κ3) is 9.94. The van der Waals surface area contributed by atoms with Crippen molar-refractivity contribution in [3.63, 3.8) is 0 Å². The largest absolute Gasteiger partial charge is 0.293 e. The predicted molar refractivity (Wildman–Crippen MR) is 161 cm³/mol. The van der Waals surface area contributed by atoms with Crippen LogP contribution in [0.2, 0.25) is 0 Å². The number of pyridine rings is 1. The number of benzene rings is 2. The Labute approximate surface area is 230 Å². The lowest BCUT2D eigenvalue weighted by molar-refractivity contribution is 0.536. The number of rotatable bonds is 18. The molecule has 0 amide bonds. The van der Waals surface area contributed by atoms with Crippen molar-refractivity contribution in [3.05, 3.63) is 71.7 Å². The van der Waals surface area contributed by atoms with Gasteiger partial charge in [0.2, 0.25) is 10.0 Å². The zero-order chi connectivity index (χ0) is 27.1. The molecule has 1 aromatic heterocycles. The predicted octanol–water partition coefficient (Wildman–Crippen LogP) is 8.16. The van der Waals surface area contributed by atoms with Crippen LogP contribution in [0.15, 0.2) is 65.8 Å². The van der Waals surface area contributed by atoms with Crippen molar-refractivity contribution < 1.29 is 8.42 Å². The topological polar surface area (TPSA) is 63.5 Å². The zero-order valence-electron chi connectivity index (χ0n) is 23.5. The monoisotopic (exact) mass is 537 g/mol. The number of nitrogens with zero attached hydrogens (tertiary/aromatic N) is 2. The number of nitrogens with one attached hydrogen (secondary N) is 1. The lowest BCUT2D eigenvalue weighted by atomic mass is 10.0. The van der Waals surface area contributed by atoms with E-state index in [0.717, 1.165) is 35.0 Å². The van der Waals surface area contributed by atoms with Crippen LogP contribution in [0.5, 0.6) is 0 Å². The fourth-order valence-electron chi connectivity index (χ4n) is 5.04. The van der Waals surface area contributed by atoms with Crippen molar-refractivity contribution in [2.45, 2.75) is 104 Å². The highest BCUT2D eigenvalue weighted by atomic mass is 32.2. The maximum absolute atomic E-state index is 12.7. The first-order valence-electron chi connectivity index (χ1n) is 14.7. The molecule has 0 bridgehead atoms. The Morgan fingerprint density at radius 1 is 0.711 bits per heavy atom. The van der Waals surface area contributed by atoms with E-state index in [1.807, 2.05) is 66.1 Å². The number of aryl methyl sites for hydroxylation is 1. The zero-order valence-corrected chi connectivity index (χ0v) is 24.3. The van der Waals surface area contributed by atoms with Gasteiger partial charge in [-0.3, -0.25) is 4.57 Å². The smallest absolute Gasteiger partial charge is 0.247 e. The molecule has 0 spiro atoms. The van der Waals surface area contributed by atoms with Crippen LogP contribution in [0, 0.1) is 6.92 Å². The molecule has 0 saturated carbocycles. The second-order valence-corrected chi connectivity index (χ2v) is 12.3. The lowest BCUT2D eigenvalue weighted by Crippen LogP contribution is -2.28. The van der Waals surface area contributed by atoms with E-state index in [-0.39, 0.29) is 5.75 Å². The van der Waals surface area contributed by atoms with Gasteiger partial charge in [0.05, 0.1) is 11.3 Å². The molecular weight excluding hydrogens is 490 g/mol. The minimum atomic E-state index is -3.49. The summed E-state index contributed by atoms with van der Waals surface area (Å²) >= 11 is 0. The maximum atomic E-state index is 12.7. The van der Waals surface area contributed by atoms with Gasteiger partial charge in [0.1, 0.15) is 0 Å². The van der Waals surface area contributed by atoms with Crippen LogP contribution in [0.3, 0.4) is 0 Å². The summed E-state index contributed by atoms with van der Waals surface area (Å²) in [6.45, 7) is 4.29. The van der Waals surface area contributed by atoms with E-state index in [1.165, 1.54) is 70.6 Å². The first-order valence-corrected chi connectivity index (χ1v) is 16.4. The summed E-state index contributed by atoms with van der Waals surface area (Å²) in [6, 6.07) is 20.0. The van der Waals surface area contributed by atoms with Gasteiger partial charge in [0, 0.05) is 11.1 Å². The fourth-order valence-corrected chi connectivity index (χ4v) is 5.95. The number of hydrogen-bond acceptors (Lipinski definition) is 3. The van der Waals surface area contributed by atoms with Crippen LogP contribution in [-0.2, 0) is 10.0 Å². The van der Waals surface area contributed by atoms with Gasteiger partial charge in [0.25, 0.3) is 0 Å². The molecule has 3 aromatic rings. The highest BCUT2D eigenvalue weighted by Crippen LogP contribution is 2.19. The van der Waals surface area contributed by atoms with Gasteiger partial charge < -0.3 is 0 Å². The third-order valence-electron chi connectivity index (χ3n) is 7.22. The molecule has 0 aliphatic rings. The number of fused-ring (bicyclic) bond motifs is 1. The van der Waals surface area contributed by atoms with Crippen molar-refractivity contribution in [1.82, 2.24) is 9.40 Å². The Balaban J connectivity index is 1.45. The summed E-state index contributed by atoms with van der Waals surface area (Å²) in [5.41, 5.74) is 3.55. The van der Waals surface area contributed by atoms with Gasteiger partial charge in [-0.05, 0) is 43.2 Å². The Kier molecular flexibility index (Phi) is 12.9. The van der Waals surface area contributed by atoms with Crippen LogP contribution >= 0.6 is 0 Å². The van der Waals surface area contributed by atoms with E-state index in [9.17, 15) is 8.42 Å². The van der Waals surface area contributed by atoms with E-state index in [2.05, 4.69) is 22.9 Å². The van der Waals surface area contributed by atoms with Gasteiger partial charge in [-0.1, -0.05) is 127 Å². The second-order valence-electron chi connectivity index (χ2n) is 10.5. The number of unbranched alkanes of at least 4 members (excludes halogenated alkanes) is 13. The molecule has 0 radical (unpaired) electrons. The van der Waals surface area contributed by atoms with Gasteiger partial charge in [0.15, 0.2) is 5.49 Å². The van der Waals surface area contributed by atoms with E-state index < -0.39 is 10.0 Å². The SMILES string of the molecule is CCCCCCCCCCCCCCCCS(=O)(=O)N/N=c1\cc(C)c2ccccc2n1-c1ccccc1. The second kappa shape index (κ2) is 16.4. The first kappa shape index (κ1) is 29.9. The maximum Gasteiger partial charge on any atom is 0.247 e. The molecule has 6 heteroatoms. The number of aromatic nitrogens is 1.